The first-order valence-corrected chi connectivity index (χ1v) is 6.18. The minimum absolute atomic E-state index is 0.0655. The second-order valence-electron chi connectivity index (χ2n) is 4.64. The van der Waals surface area contributed by atoms with E-state index in [1.165, 1.54) is 10.9 Å². The summed E-state index contributed by atoms with van der Waals surface area (Å²) in [5, 5.41) is 28.4. The third-order valence-electron chi connectivity index (χ3n) is 3.42. The summed E-state index contributed by atoms with van der Waals surface area (Å²) in [6.07, 6.45) is 1.30. The molecule has 0 saturated carbocycles. The second-order valence-corrected chi connectivity index (χ2v) is 4.64. The lowest BCUT2D eigenvalue weighted by atomic mass is 10.1. The first kappa shape index (κ1) is 14.1. The Labute approximate surface area is 114 Å². The smallest absolute Gasteiger partial charge is 0.331 e. The van der Waals surface area contributed by atoms with E-state index in [1.54, 1.807) is 11.9 Å². The topological polar surface area (TPSA) is 133 Å². The molecule has 1 aliphatic heterocycles. The van der Waals surface area contributed by atoms with Gasteiger partial charge in [-0.3, -0.25) is 10.1 Å². The van der Waals surface area contributed by atoms with Crippen molar-refractivity contribution in [2.75, 3.05) is 18.0 Å². The van der Waals surface area contributed by atoms with Crippen molar-refractivity contribution in [1.82, 2.24) is 9.78 Å². The Morgan fingerprint density at radius 1 is 1.60 bits per heavy atom. The highest BCUT2D eigenvalue weighted by atomic mass is 16.6. The summed E-state index contributed by atoms with van der Waals surface area (Å²) < 4.78 is 1.44. The van der Waals surface area contributed by atoms with Crippen molar-refractivity contribution in [3.8, 4) is 0 Å². The van der Waals surface area contributed by atoms with Crippen LogP contribution in [0.5, 0.6) is 0 Å². The number of rotatable bonds is 3. The number of anilines is 1. The summed E-state index contributed by atoms with van der Waals surface area (Å²) in [5.74, 6) is 0.406. The molecular weight excluding hydrogens is 266 g/mol. The highest BCUT2D eigenvalue weighted by Gasteiger charge is 2.29. The van der Waals surface area contributed by atoms with Crippen molar-refractivity contribution in [3.05, 3.63) is 26.8 Å². The Balaban J connectivity index is 2.24. The Bertz CT molecular complexity index is 551. The molecule has 1 aliphatic rings. The van der Waals surface area contributed by atoms with E-state index in [9.17, 15) is 15.2 Å². The van der Waals surface area contributed by atoms with E-state index in [0.29, 0.717) is 31.7 Å². The number of aromatic nitrogens is 2. The Kier molecular flexibility index (Phi) is 4.06. The molecule has 1 fully saturated rings. The standard InChI is InChI=1S/C10H15N7O3/c1-15-10(8(6-12-15)17(19)20)16-4-2-7(13-14-11)9(18)3-5-16/h6-7,9,18H,2-5H2,1H3/t7-,9-/m0/s1. The highest BCUT2D eigenvalue weighted by molar-refractivity contribution is 5.57. The molecule has 1 saturated heterocycles. The van der Waals surface area contributed by atoms with Crippen molar-refractivity contribution in [2.45, 2.75) is 25.0 Å². The maximum atomic E-state index is 11.0. The Morgan fingerprint density at radius 2 is 2.30 bits per heavy atom. The number of nitrogens with zero attached hydrogens (tertiary/aromatic N) is 7. The third kappa shape index (κ3) is 2.65. The molecule has 10 heteroatoms. The first-order valence-electron chi connectivity index (χ1n) is 6.18. The maximum Gasteiger partial charge on any atom is 0.331 e. The molecule has 0 unspecified atom stereocenters. The van der Waals surface area contributed by atoms with Gasteiger partial charge in [-0.1, -0.05) is 5.11 Å². The van der Waals surface area contributed by atoms with E-state index < -0.39 is 17.1 Å². The predicted octanol–water partition coefficient (Wildman–Crippen LogP) is 0.968. The normalized spacial score (nSPS) is 23.0. The van der Waals surface area contributed by atoms with Crippen LogP contribution in [-0.2, 0) is 7.05 Å². The zero-order chi connectivity index (χ0) is 14.7. The molecular formula is C10H15N7O3. The summed E-state index contributed by atoms with van der Waals surface area (Å²) in [5.41, 5.74) is 8.40. The molecule has 1 aromatic rings. The van der Waals surface area contributed by atoms with Crippen LogP contribution in [0.25, 0.3) is 10.4 Å². The molecule has 0 bridgehead atoms. The van der Waals surface area contributed by atoms with Gasteiger partial charge >= 0.3 is 5.69 Å². The van der Waals surface area contributed by atoms with Gasteiger partial charge in [0.05, 0.1) is 17.1 Å². The minimum atomic E-state index is -0.733. The average molecular weight is 281 g/mol. The van der Waals surface area contributed by atoms with Gasteiger partial charge in [0.2, 0.25) is 5.82 Å². The molecule has 2 rings (SSSR count). The highest BCUT2D eigenvalue weighted by Crippen LogP contribution is 2.29. The first-order chi connectivity index (χ1) is 9.54. The van der Waals surface area contributed by atoms with Gasteiger partial charge in [-0.2, -0.15) is 5.10 Å². The number of aliphatic hydroxyl groups is 1. The van der Waals surface area contributed by atoms with Gasteiger partial charge < -0.3 is 10.0 Å². The van der Waals surface area contributed by atoms with Gasteiger partial charge in [-0.25, -0.2) is 4.68 Å². The molecule has 1 N–H and O–H groups in total. The molecule has 0 aromatic carbocycles. The maximum absolute atomic E-state index is 11.0. The van der Waals surface area contributed by atoms with Crippen LogP contribution in [0.4, 0.5) is 11.5 Å². The number of nitro groups is 1. The fourth-order valence-corrected chi connectivity index (χ4v) is 2.40. The molecule has 20 heavy (non-hydrogen) atoms. The van der Waals surface area contributed by atoms with Crippen LogP contribution in [0.15, 0.2) is 11.3 Å². The summed E-state index contributed by atoms with van der Waals surface area (Å²) in [6.45, 7) is 0.903. The van der Waals surface area contributed by atoms with Crippen molar-refractivity contribution >= 4 is 11.5 Å². The Morgan fingerprint density at radius 3 is 2.95 bits per heavy atom. The quantitative estimate of drug-likeness (QED) is 0.289. The van der Waals surface area contributed by atoms with Gasteiger partial charge in [-0.15, -0.1) is 0 Å². The van der Waals surface area contributed by atoms with E-state index >= 15 is 0 Å². The van der Waals surface area contributed by atoms with Crippen molar-refractivity contribution < 1.29 is 10.0 Å². The van der Waals surface area contributed by atoms with Crippen molar-refractivity contribution in [3.63, 3.8) is 0 Å². The van der Waals surface area contributed by atoms with E-state index in [2.05, 4.69) is 15.1 Å². The molecule has 0 spiro atoms. The largest absolute Gasteiger partial charge is 0.393 e. The van der Waals surface area contributed by atoms with Gasteiger partial charge in [0.25, 0.3) is 0 Å². The fraction of sp³-hybridized carbons (Fsp3) is 0.700. The van der Waals surface area contributed by atoms with Crippen LogP contribution in [-0.4, -0.2) is 45.0 Å². The SMILES string of the molecule is Cn1ncc([N+](=O)[O-])c1N1CC[C@H](N=[N+]=[N-])[C@@H](O)CC1. The van der Waals surface area contributed by atoms with Gasteiger partial charge in [0.15, 0.2) is 0 Å². The number of hydrogen-bond acceptors (Lipinski definition) is 6. The van der Waals surface area contributed by atoms with Crippen LogP contribution in [0.2, 0.25) is 0 Å². The molecule has 0 radical (unpaired) electrons. The summed E-state index contributed by atoms with van der Waals surface area (Å²) in [6, 6.07) is -0.503. The number of aliphatic hydroxyl groups excluding tert-OH is 1. The van der Waals surface area contributed by atoms with Crippen LogP contribution >= 0.6 is 0 Å². The van der Waals surface area contributed by atoms with Crippen molar-refractivity contribution in [2.24, 2.45) is 12.2 Å². The molecule has 1 aromatic heterocycles. The zero-order valence-electron chi connectivity index (χ0n) is 11.0. The Hall–Kier alpha value is -2.32. The number of aryl methyl sites for hydroxylation is 1. The van der Waals surface area contributed by atoms with Crippen LogP contribution < -0.4 is 4.90 Å². The van der Waals surface area contributed by atoms with Gasteiger partial charge in [0.1, 0.15) is 6.20 Å². The lowest BCUT2D eigenvalue weighted by Crippen LogP contribution is -2.27. The molecule has 10 nitrogen and oxygen atoms in total. The zero-order valence-corrected chi connectivity index (χ0v) is 11.0. The van der Waals surface area contributed by atoms with Crippen LogP contribution in [0.3, 0.4) is 0 Å². The average Bonchev–Trinajstić information content (AvgIpc) is 2.70. The molecule has 0 aliphatic carbocycles. The van der Waals surface area contributed by atoms with Gasteiger partial charge in [-0.05, 0) is 18.4 Å². The van der Waals surface area contributed by atoms with Crippen LogP contribution in [0, 0.1) is 10.1 Å². The third-order valence-corrected chi connectivity index (χ3v) is 3.42. The number of azide groups is 1. The predicted molar refractivity (Wildman–Crippen MR) is 70.3 cm³/mol. The van der Waals surface area contributed by atoms with E-state index in [1.807, 2.05) is 0 Å². The molecule has 0 amide bonds. The van der Waals surface area contributed by atoms with Crippen LogP contribution in [0.1, 0.15) is 12.8 Å². The molecule has 2 atom stereocenters. The fourth-order valence-electron chi connectivity index (χ4n) is 2.40. The number of hydrogen-bond donors (Lipinski definition) is 1. The van der Waals surface area contributed by atoms with Crippen molar-refractivity contribution in [1.29, 1.82) is 0 Å². The molecule has 108 valence electrons. The molecule has 2 heterocycles. The monoisotopic (exact) mass is 281 g/mol. The van der Waals surface area contributed by atoms with E-state index in [4.69, 9.17) is 5.53 Å². The second kappa shape index (κ2) is 5.76. The summed E-state index contributed by atoms with van der Waals surface area (Å²) in [7, 11) is 1.63. The minimum Gasteiger partial charge on any atom is -0.393 e. The lowest BCUT2D eigenvalue weighted by Gasteiger charge is -2.21. The van der Waals surface area contributed by atoms with E-state index in [-0.39, 0.29) is 5.69 Å². The summed E-state index contributed by atoms with van der Waals surface area (Å²) in [4.78, 5) is 15.0. The summed E-state index contributed by atoms with van der Waals surface area (Å²) >= 11 is 0. The lowest BCUT2D eigenvalue weighted by molar-refractivity contribution is -0.384. The van der Waals surface area contributed by atoms with Gasteiger partial charge in [0, 0.05) is 25.0 Å². The van der Waals surface area contributed by atoms with E-state index in [0.717, 1.165) is 0 Å².